The number of amides is 3. The molecular weight excluding hydrogens is 522 g/mol. The third-order valence-electron chi connectivity index (χ3n) is 5.58. The third kappa shape index (κ3) is 6.90. The van der Waals surface area contributed by atoms with Gasteiger partial charge in [-0.15, -0.1) is 0 Å². The molecule has 0 aliphatic carbocycles. The number of aryl methyl sites for hydroxylation is 2. The number of nitrogens with zero attached hydrogens (tertiary/aromatic N) is 2. The van der Waals surface area contributed by atoms with Gasteiger partial charge in [-0.2, -0.15) is 4.37 Å². The lowest BCUT2D eigenvalue weighted by Crippen LogP contribution is -2.45. The summed E-state index contributed by atoms with van der Waals surface area (Å²) in [5.41, 5.74) is 13.6. The van der Waals surface area contributed by atoms with Gasteiger partial charge in [0.25, 0.3) is 11.8 Å². The number of esters is 1. The number of nitrogen functional groups attached to an aromatic ring is 1. The van der Waals surface area contributed by atoms with Crippen molar-refractivity contribution in [2.24, 2.45) is 5.73 Å². The van der Waals surface area contributed by atoms with Crippen molar-refractivity contribution in [3.05, 3.63) is 69.7 Å². The normalized spacial score (nSPS) is 11.4. The van der Waals surface area contributed by atoms with Crippen LogP contribution in [0.15, 0.2) is 42.5 Å². The number of aromatic nitrogens is 1. The molecule has 1 heterocycles. The van der Waals surface area contributed by atoms with E-state index in [0.29, 0.717) is 35.1 Å². The number of nitrogens with one attached hydrogen (secondary N) is 1. The van der Waals surface area contributed by atoms with Crippen LogP contribution in [-0.2, 0) is 14.3 Å². The molecule has 206 valence electrons. The Bertz CT molecular complexity index is 1350. The van der Waals surface area contributed by atoms with E-state index in [1.54, 1.807) is 43.3 Å². The SMILES string of the molecule is CCOC(=O)CNC(=O)[C@@H](c1ccc(OCC)cc1)N(C(=O)c1snc(C(N)=O)c1N)c1cc(C)cc(C)c1. The van der Waals surface area contributed by atoms with E-state index in [2.05, 4.69) is 9.69 Å². The van der Waals surface area contributed by atoms with Crippen molar-refractivity contribution in [2.45, 2.75) is 33.7 Å². The average molecular weight is 554 g/mol. The number of hydrogen-bond acceptors (Lipinski definition) is 9. The van der Waals surface area contributed by atoms with Crippen LogP contribution in [0, 0.1) is 13.8 Å². The maximum Gasteiger partial charge on any atom is 0.325 e. The Morgan fingerprint density at radius 2 is 1.67 bits per heavy atom. The lowest BCUT2D eigenvalue weighted by atomic mass is 10.0. The summed E-state index contributed by atoms with van der Waals surface area (Å²) < 4.78 is 14.4. The molecule has 0 saturated heterocycles. The monoisotopic (exact) mass is 553 g/mol. The molecule has 0 bridgehead atoms. The molecule has 1 atom stereocenters. The van der Waals surface area contributed by atoms with Crippen LogP contribution in [0.3, 0.4) is 0 Å². The second-order valence-corrected chi connectivity index (χ2v) is 9.36. The van der Waals surface area contributed by atoms with Gasteiger partial charge in [-0.3, -0.25) is 24.1 Å². The molecule has 0 aliphatic heterocycles. The van der Waals surface area contributed by atoms with E-state index in [1.807, 2.05) is 26.8 Å². The van der Waals surface area contributed by atoms with E-state index in [4.69, 9.17) is 20.9 Å². The van der Waals surface area contributed by atoms with Crippen molar-refractivity contribution in [2.75, 3.05) is 30.4 Å². The Morgan fingerprint density at radius 1 is 1.03 bits per heavy atom. The van der Waals surface area contributed by atoms with Gasteiger partial charge in [-0.05, 0) is 80.2 Å². The highest BCUT2D eigenvalue weighted by atomic mass is 32.1. The lowest BCUT2D eigenvalue weighted by Gasteiger charge is -2.31. The summed E-state index contributed by atoms with van der Waals surface area (Å²) in [5, 5.41) is 2.57. The van der Waals surface area contributed by atoms with E-state index >= 15 is 0 Å². The van der Waals surface area contributed by atoms with Gasteiger partial charge in [-0.1, -0.05) is 18.2 Å². The number of primary amides is 1. The van der Waals surface area contributed by atoms with Crippen LogP contribution in [0.5, 0.6) is 5.75 Å². The average Bonchev–Trinajstić information content (AvgIpc) is 3.27. The Hall–Kier alpha value is -4.45. The third-order valence-corrected chi connectivity index (χ3v) is 6.44. The number of nitrogens with two attached hydrogens (primary N) is 2. The number of rotatable bonds is 11. The first kappa shape index (κ1) is 29.1. The first-order valence-electron chi connectivity index (χ1n) is 12.2. The summed E-state index contributed by atoms with van der Waals surface area (Å²) in [4.78, 5) is 52.9. The summed E-state index contributed by atoms with van der Waals surface area (Å²) in [6.45, 7) is 7.42. The first-order chi connectivity index (χ1) is 18.6. The van der Waals surface area contributed by atoms with Gasteiger partial charge in [0.1, 0.15) is 23.2 Å². The van der Waals surface area contributed by atoms with E-state index in [9.17, 15) is 19.2 Å². The van der Waals surface area contributed by atoms with Gasteiger partial charge in [0.15, 0.2) is 5.69 Å². The standard InChI is InChI=1S/C27H31N5O6S/c1-5-37-19-9-7-17(8-10-19)23(26(35)30-14-20(33)38-6-2)32(18-12-15(3)11-16(4)13-18)27(36)24-21(28)22(25(29)34)31-39-24/h7-13,23H,5-6,14,28H2,1-4H3,(H2,29,34)(H,30,35)/t23-/m1/s1. The lowest BCUT2D eigenvalue weighted by molar-refractivity contribution is -0.143. The zero-order valence-electron chi connectivity index (χ0n) is 22.1. The van der Waals surface area contributed by atoms with E-state index in [1.165, 1.54) is 4.90 Å². The van der Waals surface area contributed by atoms with Crippen molar-refractivity contribution in [1.82, 2.24) is 9.69 Å². The van der Waals surface area contributed by atoms with Crippen LogP contribution in [-0.4, -0.2) is 47.8 Å². The molecule has 1 aromatic heterocycles. The minimum atomic E-state index is -1.25. The molecule has 12 heteroatoms. The number of anilines is 2. The quantitative estimate of drug-likeness (QED) is 0.305. The fourth-order valence-electron chi connectivity index (χ4n) is 4.01. The topological polar surface area (TPSA) is 167 Å². The second kappa shape index (κ2) is 12.9. The van der Waals surface area contributed by atoms with Crippen LogP contribution in [0.2, 0.25) is 0 Å². The van der Waals surface area contributed by atoms with E-state index in [-0.39, 0.29) is 22.9 Å². The Labute approximate surface area is 230 Å². The fourth-order valence-corrected chi connectivity index (χ4v) is 4.75. The van der Waals surface area contributed by atoms with Crippen molar-refractivity contribution < 1.29 is 28.7 Å². The number of carbonyl (C=O) groups excluding carboxylic acids is 4. The largest absolute Gasteiger partial charge is 0.494 e. The molecule has 11 nitrogen and oxygen atoms in total. The van der Waals surface area contributed by atoms with Crippen LogP contribution >= 0.6 is 11.5 Å². The predicted octanol–water partition coefficient (Wildman–Crippen LogP) is 2.91. The molecule has 0 unspecified atom stereocenters. The fraction of sp³-hybridized carbons (Fsp3) is 0.296. The van der Waals surface area contributed by atoms with Crippen LogP contribution in [0.4, 0.5) is 11.4 Å². The highest BCUT2D eigenvalue weighted by Gasteiger charge is 2.36. The van der Waals surface area contributed by atoms with E-state index in [0.717, 1.165) is 11.1 Å². The van der Waals surface area contributed by atoms with E-state index < -0.39 is 36.3 Å². The molecule has 0 aliphatic rings. The zero-order chi connectivity index (χ0) is 28.7. The summed E-state index contributed by atoms with van der Waals surface area (Å²) in [5.74, 6) is -2.24. The Kier molecular flexibility index (Phi) is 9.61. The molecule has 0 saturated carbocycles. The maximum absolute atomic E-state index is 14.1. The van der Waals surface area contributed by atoms with Gasteiger partial charge >= 0.3 is 5.97 Å². The second-order valence-electron chi connectivity index (χ2n) is 8.59. The number of carbonyl (C=O) groups is 4. The molecule has 5 N–H and O–H groups in total. The summed E-state index contributed by atoms with van der Waals surface area (Å²) in [6.07, 6.45) is 0. The van der Waals surface area contributed by atoms with Gasteiger partial charge in [0.2, 0.25) is 5.91 Å². The number of hydrogen-bond donors (Lipinski definition) is 3. The smallest absolute Gasteiger partial charge is 0.325 e. The summed E-state index contributed by atoms with van der Waals surface area (Å²) in [6, 6.07) is 10.9. The van der Waals surface area contributed by atoms with Crippen LogP contribution in [0.1, 0.15) is 56.7 Å². The molecule has 3 aromatic rings. The highest BCUT2D eigenvalue weighted by Crippen LogP contribution is 2.34. The summed E-state index contributed by atoms with van der Waals surface area (Å²) in [7, 11) is 0. The summed E-state index contributed by atoms with van der Waals surface area (Å²) >= 11 is 0.709. The molecule has 39 heavy (non-hydrogen) atoms. The number of ether oxygens (including phenoxy) is 2. The minimum absolute atomic E-state index is 0.0583. The van der Waals surface area contributed by atoms with Crippen molar-refractivity contribution in [1.29, 1.82) is 0 Å². The van der Waals surface area contributed by atoms with Crippen LogP contribution in [0.25, 0.3) is 0 Å². The molecule has 0 spiro atoms. The first-order valence-corrected chi connectivity index (χ1v) is 13.0. The van der Waals surface area contributed by atoms with Gasteiger partial charge in [0.05, 0.1) is 18.9 Å². The maximum atomic E-state index is 14.1. The zero-order valence-corrected chi connectivity index (χ0v) is 23.0. The molecule has 3 rings (SSSR count). The Balaban J connectivity index is 2.19. The molecule has 0 fully saturated rings. The molecule has 3 amide bonds. The Morgan fingerprint density at radius 3 is 2.21 bits per heavy atom. The van der Waals surface area contributed by atoms with Crippen molar-refractivity contribution in [3.63, 3.8) is 0 Å². The van der Waals surface area contributed by atoms with Crippen molar-refractivity contribution in [3.8, 4) is 5.75 Å². The van der Waals surface area contributed by atoms with Crippen molar-refractivity contribution >= 4 is 46.6 Å². The number of benzene rings is 2. The van der Waals surface area contributed by atoms with Crippen LogP contribution < -0.4 is 26.4 Å². The van der Waals surface area contributed by atoms with Gasteiger partial charge in [0, 0.05) is 5.69 Å². The molecular formula is C27H31N5O6S. The van der Waals surface area contributed by atoms with Gasteiger partial charge in [-0.25, -0.2) is 0 Å². The van der Waals surface area contributed by atoms with Gasteiger partial charge < -0.3 is 26.3 Å². The highest BCUT2D eigenvalue weighted by molar-refractivity contribution is 7.09. The minimum Gasteiger partial charge on any atom is -0.494 e. The molecule has 2 aromatic carbocycles. The molecule has 0 radical (unpaired) electrons. The predicted molar refractivity (Wildman–Crippen MR) is 148 cm³/mol.